The van der Waals surface area contributed by atoms with Crippen molar-refractivity contribution in [2.75, 3.05) is 40.3 Å². The van der Waals surface area contributed by atoms with E-state index < -0.39 is 0 Å². The molecule has 148 valence electrons. The van der Waals surface area contributed by atoms with Gasteiger partial charge in [-0.3, -0.25) is 4.79 Å². The van der Waals surface area contributed by atoms with Crippen LogP contribution in [0.15, 0.2) is 4.99 Å². The third kappa shape index (κ3) is 5.86. The Bertz CT molecular complexity index is 481. The smallest absolute Gasteiger partial charge is 0.243 e. The van der Waals surface area contributed by atoms with Gasteiger partial charge in [0, 0.05) is 45.8 Å². The molecule has 0 aromatic rings. The molecule has 3 rings (SSSR count). The van der Waals surface area contributed by atoms with Crippen LogP contribution in [-0.2, 0) is 4.79 Å². The number of carbonyl (C=O) groups excluding carboxylic acids is 1. The maximum Gasteiger partial charge on any atom is 0.243 e. The second-order valence-corrected chi connectivity index (χ2v) is 8.62. The molecule has 1 atom stereocenters. The molecule has 0 aromatic heterocycles. The van der Waals surface area contributed by atoms with Gasteiger partial charge in [0.1, 0.15) is 6.54 Å². The second-order valence-electron chi connectivity index (χ2n) is 8.62. The Balaban J connectivity index is 1.50. The Kier molecular flexibility index (Phi) is 7.17. The van der Waals surface area contributed by atoms with Gasteiger partial charge in [0.05, 0.1) is 0 Å². The normalized spacial score (nSPS) is 25.8. The molecule has 1 heterocycles. The molecule has 1 unspecified atom stereocenters. The molecule has 3 aliphatic rings. The number of amides is 1. The molecular weight excluding hydrogens is 326 g/mol. The van der Waals surface area contributed by atoms with Crippen LogP contribution in [0.5, 0.6) is 0 Å². The molecule has 6 heteroatoms. The van der Waals surface area contributed by atoms with Crippen LogP contribution in [-0.4, -0.2) is 74.0 Å². The van der Waals surface area contributed by atoms with Gasteiger partial charge < -0.3 is 20.4 Å². The first kappa shape index (κ1) is 19.5. The zero-order valence-corrected chi connectivity index (χ0v) is 16.7. The average molecular weight is 364 g/mol. The van der Waals surface area contributed by atoms with Crippen LogP contribution >= 0.6 is 0 Å². The van der Waals surface area contributed by atoms with E-state index in [4.69, 9.17) is 0 Å². The summed E-state index contributed by atoms with van der Waals surface area (Å²) < 4.78 is 0. The van der Waals surface area contributed by atoms with E-state index in [1.807, 2.05) is 0 Å². The summed E-state index contributed by atoms with van der Waals surface area (Å²) in [6, 6.07) is 0.949. The third-order valence-corrected chi connectivity index (χ3v) is 6.17. The van der Waals surface area contributed by atoms with Gasteiger partial charge in [-0.25, -0.2) is 4.99 Å². The SMILES string of the molecule is CN(C)C(=O)CN=C(NC1CCCC1)NC1CCN(CC2CCCC2)C1. The van der Waals surface area contributed by atoms with E-state index in [0.29, 0.717) is 12.1 Å². The number of guanidine groups is 1. The van der Waals surface area contributed by atoms with Crippen molar-refractivity contribution in [2.45, 2.75) is 69.9 Å². The molecule has 1 amide bonds. The predicted molar refractivity (Wildman–Crippen MR) is 106 cm³/mol. The topological polar surface area (TPSA) is 60.0 Å². The lowest BCUT2D eigenvalue weighted by molar-refractivity contribution is -0.127. The Morgan fingerprint density at radius 3 is 2.35 bits per heavy atom. The Morgan fingerprint density at radius 2 is 1.65 bits per heavy atom. The number of likely N-dealkylation sites (tertiary alicyclic amines) is 1. The molecule has 1 aliphatic heterocycles. The summed E-state index contributed by atoms with van der Waals surface area (Å²) in [6.45, 7) is 3.76. The highest BCUT2D eigenvalue weighted by Gasteiger charge is 2.27. The van der Waals surface area contributed by atoms with Crippen molar-refractivity contribution in [3.63, 3.8) is 0 Å². The lowest BCUT2D eigenvalue weighted by Crippen LogP contribution is -2.48. The largest absolute Gasteiger partial charge is 0.354 e. The van der Waals surface area contributed by atoms with Crippen molar-refractivity contribution in [1.82, 2.24) is 20.4 Å². The van der Waals surface area contributed by atoms with Crippen LogP contribution in [0, 0.1) is 5.92 Å². The van der Waals surface area contributed by atoms with Gasteiger partial charge in [-0.15, -0.1) is 0 Å². The summed E-state index contributed by atoms with van der Waals surface area (Å²) in [7, 11) is 3.57. The summed E-state index contributed by atoms with van der Waals surface area (Å²) in [5.74, 6) is 1.79. The maximum absolute atomic E-state index is 11.9. The van der Waals surface area contributed by atoms with Gasteiger partial charge in [0.2, 0.25) is 5.91 Å². The zero-order valence-electron chi connectivity index (χ0n) is 16.7. The minimum Gasteiger partial charge on any atom is -0.354 e. The van der Waals surface area contributed by atoms with E-state index in [9.17, 15) is 4.79 Å². The molecule has 26 heavy (non-hydrogen) atoms. The lowest BCUT2D eigenvalue weighted by Gasteiger charge is -2.23. The summed E-state index contributed by atoms with van der Waals surface area (Å²) >= 11 is 0. The minimum absolute atomic E-state index is 0.0480. The molecular formula is C20H37N5O. The number of hydrogen-bond acceptors (Lipinski definition) is 3. The van der Waals surface area contributed by atoms with Crippen LogP contribution in [0.25, 0.3) is 0 Å². The first-order chi connectivity index (χ1) is 12.6. The molecule has 1 saturated heterocycles. The van der Waals surface area contributed by atoms with Gasteiger partial charge in [0.15, 0.2) is 5.96 Å². The van der Waals surface area contributed by atoms with Gasteiger partial charge in [-0.1, -0.05) is 25.7 Å². The van der Waals surface area contributed by atoms with Gasteiger partial charge >= 0.3 is 0 Å². The van der Waals surface area contributed by atoms with Crippen molar-refractivity contribution in [2.24, 2.45) is 10.9 Å². The van der Waals surface area contributed by atoms with Crippen molar-refractivity contribution >= 4 is 11.9 Å². The van der Waals surface area contributed by atoms with Crippen molar-refractivity contribution in [3.8, 4) is 0 Å². The van der Waals surface area contributed by atoms with Crippen molar-refractivity contribution < 1.29 is 4.79 Å². The number of aliphatic imine (C=N–C) groups is 1. The first-order valence-electron chi connectivity index (χ1n) is 10.6. The molecule has 0 aromatic carbocycles. The zero-order chi connectivity index (χ0) is 18.4. The fourth-order valence-corrected chi connectivity index (χ4v) is 4.55. The molecule has 2 saturated carbocycles. The number of carbonyl (C=O) groups is 1. The fraction of sp³-hybridized carbons (Fsp3) is 0.900. The number of likely N-dealkylation sites (N-methyl/N-ethyl adjacent to an activating group) is 1. The molecule has 6 nitrogen and oxygen atoms in total. The third-order valence-electron chi connectivity index (χ3n) is 6.17. The Hall–Kier alpha value is -1.30. The van der Waals surface area contributed by atoms with Crippen molar-refractivity contribution in [3.05, 3.63) is 0 Å². The molecule has 0 radical (unpaired) electrons. The molecule has 2 N–H and O–H groups in total. The number of hydrogen-bond donors (Lipinski definition) is 2. The molecule has 3 fully saturated rings. The summed E-state index contributed by atoms with van der Waals surface area (Å²) in [5, 5.41) is 7.19. The summed E-state index contributed by atoms with van der Waals surface area (Å²) in [6.07, 6.45) is 11.8. The Labute approximate surface area is 158 Å². The monoisotopic (exact) mass is 363 g/mol. The Morgan fingerprint density at radius 1 is 1.00 bits per heavy atom. The highest BCUT2D eigenvalue weighted by molar-refractivity contribution is 5.85. The van der Waals surface area contributed by atoms with Crippen molar-refractivity contribution in [1.29, 1.82) is 0 Å². The van der Waals surface area contributed by atoms with E-state index >= 15 is 0 Å². The predicted octanol–water partition coefficient (Wildman–Crippen LogP) is 1.82. The molecule has 0 bridgehead atoms. The highest BCUT2D eigenvalue weighted by Crippen LogP contribution is 2.26. The summed E-state index contributed by atoms with van der Waals surface area (Å²) in [4.78, 5) is 20.7. The highest BCUT2D eigenvalue weighted by atomic mass is 16.2. The van der Waals surface area contributed by atoms with E-state index in [0.717, 1.165) is 18.4 Å². The number of nitrogens with zero attached hydrogens (tertiary/aromatic N) is 3. The first-order valence-corrected chi connectivity index (χ1v) is 10.6. The van der Waals surface area contributed by atoms with Gasteiger partial charge in [-0.2, -0.15) is 0 Å². The molecule has 0 spiro atoms. The number of nitrogens with one attached hydrogen (secondary N) is 2. The minimum atomic E-state index is 0.0480. The van der Waals surface area contributed by atoms with Crippen LogP contribution in [0.3, 0.4) is 0 Å². The van der Waals surface area contributed by atoms with E-state index in [-0.39, 0.29) is 12.5 Å². The fourth-order valence-electron chi connectivity index (χ4n) is 4.55. The van der Waals surface area contributed by atoms with E-state index in [2.05, 4.69) is 20.5 Å². The van der Waals surface area contributed by atoms with Crippen LogP contribution in [0.4, 0.5) is 0 Å². The summed E-state index contributed by atoms with van der Waals surface area (Å²) in [5.41, 5.74) is 0. The van der Waals surface area contributed by atoms with E-state index in [1.54, 1.807) is 19.0 Å². The number of rotatable bonds is 6. The second kappa shape index (κ2) is 9.58. The lowest BCUT2D eigenvalue weighted by atomic mass is 10.1. The van der Waals surface area contributed by atoms with Crippen LogP contribution in [0.2, 0.25) is 0 Å². The molecule has 2 aliphatic carbocycles. The van der Waals surface area contributed by atoms with Crippen LogP contribution in [0.1, 0.15) is 57.8 Å². The maximum atomic E-state index is 11.9. The van der Waals surface area contributed by atoms with E-state index in [1.165, 1.54) is 70.9 Å². The van der Waals surface area contributed by atoms with Gasteiger partial charge in [-0.05, 0) is 38.0 Å². The van der Waals surface area contributed by atoms with Gasteiger partial charge in [0.25, 0.3) is 0 Å². The standard InChI is InChI=1S/C20H37N5O/c1-24(2)19(26)13-21-20(22-17-9-5-6-10-17)23-18-11-12-25(15-18)14-16-7-3-4-8-16/h16-18H,3-15H2,1-2H3,(H2,21,22,23). The van der Waals surface area contributed by atoms with Crippen LogP contribution < -0.4 is 10.6 Å². The average Bonchev–Trinajstić information content (AvgIpc) is 3.36. The quantitative estimate of drug-likeness (QED) is 0.558.